The zero-order valence-electron chi connectivity index (χ0n) is 15.5. The van der Waals surface area contributed by atoms with Gasteiger partial charge >= 0.3 is 0 Å². The van der Waals surface area contributed by atoms with Crippen LogP contribution >= 0.6 is 0 Å². The fraction of sp³-hybridized carbons (Fsp3) is 0.778. The number of halogens is 1. The number of allylic oxidation sites excluding steroid dienone is 4. The van der Waals surface area contributed by atoms with E-state index >= 15 is 0 Å². The third-order valence-electron chi connectivity index (χ3n) is 3.25. The lowest BCUT2D eigenvalue weighted by Crippen LogP contribution is -2.58. The van der Waals surface area contributed by atoms with E-state index in [0.29, 0.717) is 6.42 Å². The zero-order chi connectivity index (χ0) is 17.2. The van der Waals surface area contributed by atoms with E-state index in [2.05, 4.69) is 56.9 Å². The SMILES string of the molecule is CCNNC(C)(C)NCC(C)(C)C/C=C\C/C(F)=C\C(C)C. The van der Waals surface area contributed by atoms with Crippen LogP contribution in [-0.2, 0) is 0 Å². The van der Waals surface area contributed by atoms with Crippen LogP contribution in [0.4, 0.5) is 4.39 Å². The molecule has 0 spiro atoms. The molecule has 3 nitrogen and oxygen atoms in total. The predicted octanol–water partition coefficient (Wildman–Crippen LogP) is 4.30. The minimum Gasteiger partial charge on any atom is -0.298 e. The molecule has 0 atom stereocenters. The highest BCUT2D eigenvalue weighted by Crippen LogP contribution is 2.21. The van der Waals surface area contributed by atoms with E-state index in [1.54, 1.807) is 6.08 Å². The Morgan fingerprint density at radius 1 is 1.14 bits per heavy atom. The van der Waals surface area contributed by atoms with Crippen molar-refractivity contribution >= 4 is 0 Å². The minimum absolute atomic E-state index is 0.0434. The van der Waals surface area contributed by atoms with Crippen LogP contribution in [0.15, 0.2) is 24.1 Å². The number of hydrazine groups is 1. The van der Waals surface area contributed by atoms with Gasteiger partial charge in [-0.05, 0) is 31.6 Å². The van der Waals surface area contributed by atoms with Gasteiger partial charge in [0, 0.05) is 19.5 Å². The summed E-state index contributed by atoms with van der Waals surface area (Å²) in [6.45, 7) is 16.4. The van der Waals surface area contributed by atoms with Crippen LogP contribution in [0.3, 0.4) is 0 Å². The summed E-state index contributed by atoms with van der Waals surface area (Å²) in [5.41, 5.74) is 6.34. The van der Waals surface area contributed by atoms with E-state index in [4.69, 9.17) is 0 Å². The van der Waals surface area contributed by atoms with Crippen molar-refractivity contribution in [3.63, 3.8) is 0 Å². The normalized spacial score (nSPS) is 14.3. The van der Waals surface area contributed by atoms with Crippen LogP contribution in [0.2, 0.25) is 0 Å². The maximum atomic E-state index is 13.5. The van der Waals surface area contributed by atoms with Crippen molar-refractivity contribution in [1.29, 1.82) is 0 Å². The molecule has 0 aliphatic heterocycles. The molecule has 0 aromatic heterocycles. The van der Waals surface area contributed by atoms with Gasteiger partial charge in [0.1, 0.15) is 0 Å². The van der Waals surface area contributed by atoms with Gasteiger partial charge in [-0.1, -0.05) is 52.8 Å². The zero-order valence-corrected chi connectivity index (χ0v) is 15.5. The molecule has 0 aromatic rings. The molecule has 22 heavy (non-hydrogen) atoms. The van der Waals surface area contributed by atoms with Gasteiger partial charge < -0.3 is 0 Å². The van der Waals surface area contributed by atoms with Gasteiger partial charge in [0.25, 0.3) is 0 Å². The summed E-state index contributed by atoms with van der Waals surface area (Å²) >= 11 is 0. The molecule has 0 fully saturated rings. The number of hydrogen-bond donors (Lipinski definition) is 3. The minimum atomic E-state index is -0.164. The summed E-state index contributed by atoms with van der Waals surface area (Å²) in [5, 5.41) is 3.52. The molecule has 0 amide bonds. The first-order valence-electron chi connectivity index (χ1n) is 8.34. The average Bonchev–Trinajstić information content (AvgIpc) is 2.39. The molecule has 0 aliphatic carbocycles. The standard InChI is InChI=1S/C18H36FN3/c1-8-21-22-18(6,7)20-14-17(4,5)12-10-9-11-16(19)13-15(2)3/h9-10,13,15,20-22H,8,11-12,14H2,1-7H3/b10-9-,16-13+. The van der Waals surface area contributed by atoms with E-state index in [1.165, 1.54) is 0 Å². The number of rotatable bonds is 11. The lowest BCUT2D eigenvalue weighted by atomic mass is 9.88. The Morgan fingerprint density at radius 2 is 1.77 bits per heavy atom. The van der Waals surface area contributed by atoms with Crippen LogP contribution in [0.1, 0.15) is 61.3 Å². The summed E-state index contributed by atoms with van der Waals surface area (Å²) in [7, 11) is 0. The van der Waals surface area contributed by atoms with Gasteiger partial charge in [-0.25, -0.2) is 9.82 Å². The second-order valence-electron chi connectivity index (χ2n) is 7.54. The molecular formula is C18H36FN3. The van der Waals surface area contributed by atoms with Gasteiger partial charge in [0.2, 0.25) is 0 Å². The largest absolute Gasteiger partial charge is 0.298 e. The van der Waals surface area contributed by atoms with Gasteiger partial charge in [0.05, 0.1) is 11.5 Å². The summed E-state index contributed by atoms with van der Waals surface area (Å²) < 4.78 is 13.5. The van der Waals surface area contributed by atoms with Crippen molar-refractivity contribution in [2.24, 2.45) is 11.3 Å². The van der Waals surface area contributed by atoms with E-state index in [0.717, 1.165) is 19.5 Å². The average molecular weight is 314 g/mol. The lowest BCUT2D eigenvalue weighted by Gasteiger charge is -2.33. The quantitative estimate of drug-likeness (QED) is 0.302. The van der Waals surface area contributed by atoms with Gasteiger partial charge in [-0.3, -0.25) is 10.7 Å². The van der Waals surface area contributed by atoms with Crippen LogP contribution in [0.25, 0.3) is 0 Å². The summed E-state index contributed by atoms with van der Waals surface area (Å²) in [6.07, 6.45) is 7.01. The molecule has 0 rings (SSSR count). The second kappa shape index (κ2) is 10.1. The maximum absolute atomic E-state index is 13.5. The van der Waals surface area contributed by atoms with Crippen LogP contribution in [0, 0.1) is 11.3 Å². The first-order valence-corrected chi connectivity index (χ1v) is 8.34. The van der Waals surface area contributed by atoms with Crippen LogP contribution in [0.5, 0.6) is 0 Å². The van der Waals surface area contributed by atoms with Gasteiger partial charge in [-0.2, -0.15) is 0 Å². The van der Waals surface area contributed by atoms with E-state index in [9.17, 15) is 4.39 Å². The Morgan fingerprint density at radius 3 is 2.32 bits per heavy atom. The highest BCUT2D eigenvalue weighted by molar-refractivity contribution is 5.01. The van der Waals surface area contributed by atoms with Crippen molar-refractivity contribution in [3.8, 4) is 0 Å². The molecule has 0 saturated heterocycles. The molecule has 4 heteroatoms. The predicted molar refractivity (Wildman–Crippen MR) is 95.1 cm³/mol. The molecular weight excluding hydrogens is 277 g/mol. The highest BCUT2D eigenvalue weighted by Gasteiger charge is 2.22. The molecule has 130 valence electrons. The van der Waals surface area contributed by atoms with Crippen LogP contribution < -0.4 is 16.2 Å². The summed E-state index contributed by atoms with van der Waals surface area (Å²) in [4.78, 5) is 0. The smallest absolute Gasteiger partial charge is 0.0999 e. The topological polar surface area (TPSA) is 36.1 Å². The van der Waals surface area contributed by atoms with Gasteiger partial charge in [0.15, 0.2) is 0 Å². The Bertz CT molecular complexity index is 357. The van der Waals surface area contributed by atoms with Gasteiger partial charge in [-0.15, -0.1) is 0 Å². The molecule has 0 heterocycles. The first kappa shape index (κ1) is 21.3. The Balaban J connectivity index is 4.19. The first-order chi connectivity index (χ1) is 10.1. The Kier molecular flexibility index (Phi) is 9.81. The number of nitrogens with one attached hydrogen (secondary N) is 3. The molecule has 0 aromatic carbocycles. The molecule has 0 saturated carbocycles. The van der Waals surface area contributed by atoms with Crippen molar-refractivity contribution in [3.05, 3.63) is 24.1 Å². The molecule has 0 bridgehead atoms. The van der Waals surface area contributed by atoms with Crippen molar-refractivity contribution in [2.45, 2.75) is 67.0 Å². The van der Waals surface area contributed by atoms with Crippen molar-refractivity contribution in [1.82, 2.24) is 16.2 Å². The highest BCUT2D eigenvalue weighted by atomic mass is 19.1. The third-order valence-corrected chi connectivity index (χ3v) is 3.25. The lowest BCUT2D eigenvalue weighted by molar-refractivity contribution is 0.225. The molecule has 0 aliphatic rings. The maximum Gasteiger partial charge on any atom is 0.0999 e. The van der Waals surface area contributed by atoms with E-state index in [-0.39, 0.29) is 22.8 Å². The fourth-order valence-corrected chi connectivity index (χ4v) is 1.91. The Hall–Kier alpha value is -0.710. The molecule has 0 radical (unpaired) electrons. The van der Waals surface area contributed by atoms with Crippen molar-refractivity contribution < 1.29 is 4.39 Å². The van der Waals surface area contributed by atoms with Crippen LogP contribution in [-0.4, -0.2) is 18.8 Å². The summed E-state index contributed by atoms with van der Waals surface area (Å²) in [6, 6.07) is 0. The molecule has 0 unspecified atom stereocenters. The van der Waals surface area contributed by atoms with E-state index in [1.807, 2.05) is 19.9 Å². The third kappa shape index (κ3) is 11.9. The fourth-order valence-electron chi connectivity index (χ4n) is 1.91. The Labute approximate surface area is 136 Å². The monoisotopic (exact) mass is 313 g/mol. The molecule has 3 N–H and O–H groups in total. The van der Waals surface area contributed by atoms with E-state index < -0.39 is 0 Å². The second-order valence-corrected chi connectivity index (χ2v) is 7.54. The number of hydrogen-bond acceptors (Lipinski definition) is 3. The van der Waals surface area contributed by atoms with Crippen molar-refractivity contribution in [2.75, 3.05) is 13.1 Å². The summed E-state index contributed by atoms with van der Waals surface area (Å²) in [5.74, 6) is 0.221.